The third kappa shape index (κ3) is 3.56. The van der Waals surface area contributed by atoms with Gasteiger partial charge in [0.2, 0.25) is 5.82 Å². The summed E-state index contributed by atoms with van der Waals surface area (Å²) in [6.45, 7) is 9.68. The summed E-state index contributed by atoms with van der Waals surface area (Å²) in [4.78, 5) is 18.6. The number of aromatic amines is 1. The van der Waals surface area contributed by atoms with Crippen LogP contribution in [0.4, 0.5) is 0 Å². The van der Waals surface area contributed by atoms with Gasteiger partial charge in [-0.15, -0.1) is 5.10 Å². The summed E-state index contributed by atoms with van der Waals surface area (Å²) in [7, 11) is 0. The first-order chi connectivity index (χ1) is 9.61. The second-order valence-corrected chi connectivity index (χ2v) is 5.74. The van der Waals surface area contributed by atoms with E-state index in [1.165, 1.54) is 0 Å². The van der Waals surface area contributed by atoms with Crippen molar-refractivity contribution in [1.29, 1.82) is 0 Å². The topological polar surface area (TPSA) is 73.9 Å². The van der Waals surface area contributed by atoms with Gasteiger partial charge in [0.15, 0.2) is 0 Å². The monoisotopic (exact) mass is 279 g/mol. The molecule has 0 spiro atoms. The third-order valence-electron chi connectivity index (χ3n) is 3.85. The van der Waals surface area contributed by atoms with E-state index >= 15 is 0 Å². The Morgan fingerprint density at radius 2 is 2.10 bits per heavy atom. The number of carbonyl (C=O) groups is 1. The number of H-pyrrole nitrogens is 1. The van der Waals surface area contributed by atoms with Crippen LogP contribution >= 0.6 is 0 Å². The van der Waals surface area contributed by atoms with Crippen molar-refractivity contribution in [3.8, 4) is 0 Å². The predicted octanol–water partition coefficient (Wildman–Crippen LogP) is 1.39. The fourth-order valence-electron chi connectivity index (χ4n) is 2.50. The lowest BCUT2D eigenvalue weighted by molar-refractivity contribution is 0.0715. The lowest BCUT2D eigenvalue weighted by atomic mass is 9.97. The third-order valence-corrected chi connectivity index (χ3v) is 3.85. The van der Waals surface area contributed by atoms with Gasteiger partial charge in [0.1, 0.15) is 5.82 Å². The zero-order valence-electron chi connectivity index (χ0n) is 12.6. The van der Waals surface area contributed by atoms with Crippen molar-refractivity contribution < 1.29 is 4.79 Å². The molecule has 0 aromatic carbocycles. The number of hydrogen-bond acceptors (Lipinski definition) is 4. The number of nitrogens with zero attached hydrogens (tertiary/aromatic N) is 3. The van der Waals surface area contributed by atoms with Gasteiger partial charge in [-0.2, -0.15) is 0 Å². The summed E-state index contributed by atoms with van der Waals surface area (Å²) in [5.74, 6) is 1.84. The van der Waals surface area contributed by atoms with Crippen molar-refractivity contribution >= 4 is 5.91 Å². The molecule has 1 fully saturated rings. The van der Waals surface area contributed by atoms with Crippen LogP contribution in [-0.2, 0) is 0 Å². The zero-order chi connectivity index (χ0) is 14.5. The molecule has 6 nitrogen and oxygen atoms in total. The molecule has 0 atom stereocenters. The van der Waals surface area contributed by atoms with E-state index in [-0.39, 0.29) is 11.8 Å². The number of aromatic nitrogens is 3. The van der Waals surface area contributed by atoms with Crippen LogP contribution in [0.25, 0.3) is 0 Å². The molecule has 0 aliphatic carbocycles. The largest absolute Gasteiger partial charge is 0.336 e. The standard InChI is InChI=1S/C14H25N5O/c1-4-19(9-11-5-7-15-8-6-11)14(20)13-16-12(10(2)3)17-18-13/h10-11,15H,4-9H2,1-3H3,(H,16,17,18). The summed E-state index contributed by atoms with van der Waals surface area (Å²) in [6.07, 6.45) is 2.27. The summed E-state index contributed by atoms with van der Waals surface area (Å²) in [5.41, 5.74) is 0. The number of rotatable bonds is 5. The van der Waals surface area contributed by atoms with Crippen LogP contribution in [0.3, 0.4) is 0 Å². The van der Waals surface area contributed by atoms with E-state index in [0.29, 0.717) is 18.3 Å². The number of nitrogens with one attached hydrogen (secondary N) is 2. The molecule has 20 heavy (non-hydrogen) atoms. The van der Waals surface area contributed by atoms with Crippen LogP contribution in [0.15, 0.2) is 0 Å². The van der Waals surface area contributed by atoms with Crippen molar-refractivity contribution in [3.05, 3.63) is 11.6 Å². The molecule has 1 aromatic rings. The molecule has 1 amide bonds. The molecular formula is C14H25N5O. The Labute approximate surface area is 120 Å². The molecule has 0 unspecified atom stereocenters. The second-order valence-electron chi connectivity index (χ2n) is 5.74. The van der Waals surface area contributed by atoms with Gasteiger partial charge in [-0.25, -0.2) is 4.98 Å². The van der Waals surface area contributed by atoms with E-state index in [1.807, 2.05) is 25.7 Å². The summed E-state index contributed by atoms with van der Waals surface area (Å²) in [6, 6.07) is 0. The highest BCUT2D eigenvalue weighted by Crippen LogP contribution is 2.15. The van der Waals surface area contributed by atoms with Gasteiger partial charge in [0, 0.05) is 19.0 Å². The van der Waals surface area contributed by atoms with Crippen LogP contribution in [0.5, 0.6) is 0 Å². The molecule has 112 valence electrons. The molecule has 1 aromatic heterocycles. The van der Waals surface area contributed by atoms with Crippen molar-refractivity contribution in [2.24, 2.45) is 5.92 Å². The van der Waals surface area contributed by atoms with Crippen LogP contribution < -0.4 is 5.32 Å². The highest BCUT2D eigenvalue weighted by atomic mass is 16.2. The number of hydrogen-bond donors (Lipinski definition) is 2. The normalized spacial score (nSPS) is 16.6. The average molecular weight is 279 g/mol. The molecule has 1 saturated heterocycles. The van der Waals surface area contributed by atoms with E-state index in [0.717, 1.165) is 38.3 Å². The summed E-state index contributed by atoms with van der Waals surface area (Å²) < 4.78 is 0. The molecule has 1 aliphatic heterocycles. The van der Waals surface area contributed by atoms with Crippen molar-refractivity contribution in [2.75, 3.05) is 26.2 Å². The van der Waals surface area contributed by atoms with Crippen LogP contribution in [0.2, 0.25) is 0 Å². The maximum Gasteiger partial charge on any atom is 0.293 e. The van der Waals surface area contributed by atoms with E-state index < -0.39 is 0 Å². The molecule has 6 heteroatoms. The van der Waals surface area contributed by atoms with Gasteiger partial charge in [0.05, 0.1) is 0 Å². The highest BCUT2D eigenvalue weighted by molar-refractivity contribution is 5.90. The molecule has 0 bridgehead atoms. The number of piperidine rings is 1. The number of carbonyl (C=O) groups excluding carboxylic acids is 1. The second kappa shape index (κ2) is 6.83. The Kier molecular flexibility index (Phi) is 5.11. The zero-order valence-corrected chi connectivity index (χ0v) is 12.6. The van der Waals surface area contributed by atoms with Gasteiger partial charge in [-0.05, 0) is 38.8 Å². The van der Waals surface area contributed by atoms with Gasteiger partial charge in [0.25, 0.3) is 5.91 Å². The smallest absolute Gasteiger partial charge is 0.293 e. The van der Waals surface area contributed by atoms with Crippen LogP contribution in [-0.4, -0.2) is 52.2 Å². The van der Waals surface area contributed by atoms with Gasteiger partial charge >= 0.3 is 0 Å². The minimum absolute atomic E-state index is 0.0609. The van der Waals surface area contributed by atoms with E-state index in [9.17, 15) is 4.79 Å². The van der Waals surface area contributed by atoms with E-state index in [1.54, 1.807) is 0 Å². The molecule has 2 heterocycles. The molecule has 2 rings (SSSR count). The quantitative estimate of drug-likeness (QED) is 0.854. The van der Waals surface area contributed by atoms with Gasteiger partial charge in [-0.1, -0.05) is 13.8 Å². The molecular weight excluding hydrogens is 254 g/mol. The Balaban J connectivity index is 1.99. The first-order valence-electron chi connectivity index (χ1n) is 7.54. The van der Waals surface area contributed by atoms with Gasteiger partial charge in [-0.3, -0.25) is 9.89 Å². The molecule has 0 radical (unpaired) electrons. The lowest BCUT2D eigenvalue weighted by Gasteiger charge is -2.28. The molecule has 1 aliphatic rings. The minimum Gasteiger partial charge on any atom is -0.336 e. The predicted molar refractivity (Wildman–Crippen MR) is 77.6 cm³/mol. The Bertz CT molecular complexity index is 437. The Morgan fingerprint density at radius 3 is 2.65 bits per heavy atom. The number of amides is 1. The Hall–Kier alpha value is -1.43. The fourth-order valence-corrected chi connectivity index (χ4v) is 2.50. The lowest BCUT2D eigenvalue weighted by Crippen LogP contribution is -2.39. The van der Waals surface area contributed by atoms with E-state index in [4.69, 9.17) is 0 Å². The first kappa shape index (κ1) is 15.0. The summed E-state index contributed by atoms with van der Waals surface area (Å²) >= 11 is 0. The highest BCUT2D eigenvalue weighted by Gasteiger charge is 2.23. The first-order valence-corrected chi connectivity index (χ1v) is 7.54. The van der Waals surface area contributed by atoms with E-state index in [2.05, 4.69) is 20.5 Å². The van der Waals surface area contributed by atoms with Crippen molar-refractivity contribution in [2.45, 2.75) is 39.5 Å². The fraction of sp³-hybridized carbons (Fsp3) is 0.786. The minimum atomic E-state index is -0.0609. The molecule has 0 saturated carbocycles. The summed E-state index contributed by atoms with van der Waals surface area (Å²) in [5, 5.41) is 10.3. The van der Waals surface area contributed by atoms with Crippen molar-refractivity contribution in [3.63, 3.8) is 0 Å². The van der Waals surface area contributed by atoms with Crippen LogP contribution in [0.1, 0.15) is 56.0 Å². The Morgan fingerprint density at radius 1 is 1.40 bits per heavy atom. The maximum atomic E-state index is 12.5. The van der Waals surface area contributed by atoms with Crippen molar-refractivity contribution in [1.82, 2.24) is 25.4 Å². The SMILES string of the molecule is CCN(CC1CCNCC1)C(=O)c1n[nH]c(C(C)C)n1. The van der Waals surface area contributed by atoms with Gasteiger partial charge < -0.3 is 10.2 Å². The van der Waals surface area contributed by atoms with Crippen LogP contribution in [0, 0.1) is 5.92 Å². The maximum absolute atomic E-state index is 12.5. The average Bonchev–Trinajstić information content (AvgIpc) is 2.95. The molecule has 2 N–H and O–H groups in total.